The fourth-order valence-corrected chi connectivity index (χ4v) is 7.98. The summed E-state index contributed by atoms with van der Waals surface area (Å²) in [7, 11) is 1.61. The Labute approximate surface area is 239 Å². The van der Waals surface area contributed by atoms with Gasteiger partial charge in [0.2, 0.25) is 5.78 Å². The predicted octanol–water partition coefficient (Wildman–Crippen LogP) is 5.00. The summed E-state index contributed by atoms with van der Waals surface area (Å²) in [6.45, 7) is 8.47. The monoisotopic (exact) mass is 560 g/mol. The number of hydrogen-bond donors (Lipinski definition) is 4. The van der Waals surface area contributed by atoms with Crippen LogP contribution in [0, 0.1) is 22.7 Å². The molecule has 1 saturated carbocycles. The number of ether oxygens (including phenoxy) is 1. The Morgan fingerprint density at radius 2 is 1.78 bits per heavy atom. The minimum absolute atomic E-state index is 0.0454. The van der Waals surface area contributed by atoms with Gasteiger partial charge in [-0.3, -0.25) is 14.4 Å². The molecule has 0 heterocycles. The third-order valence-electron chi connectivity index (χ3n) is 9.44. The normalized spacial score (nSPS) is 29.4. The number of phenols is 1. The molecule has 5 rings (SSSR count). The second kappa shape index (κ2) is 9.39. The second-order valence-electron chi connectivity index (χ2n) is 12.6. The number of fused-ring (bicyclic) bond motifs is 3. The number of allylic oxidation sites excluding steroid dienone is 1. The molecule has 216 valence electrons. The van der Waals surface area contributed by atoms with Crippen molar-refractivity contribution >= 4 is 23.1 Å². The zero-order valence-electron chi connectivity index (χ0n) is 24.2. The van der Waals surface area contributed by atoms with Gasteiger partial charge in [-0.05, 0) is 60.1 Å². The summed E-state index contributed by atoms with van der Waals surface area (Å²) in [6, 6.07) is 10.9. The van der Waals surface area contributed by atoms with Crippen LogP contribution in [0.25, 0.3) is 16.9 Å². The number of methoxy groups -OCH3 is 1. The molecule has 8 heteroatoms. The third kappa shape index (κ3) is 3.77. The fraction of sp³-hybridized carbons (Fsp3) is 0.424. The Morgan fingerprint density at radius 3 is 2.39 bits per heavy atom. The van der Waals surface area contributed by atoms with E-state index in [2.05, 4.69) is 0 Å². The van der Waals surface area contributed by atoms with Gasteiger partial charge >= 0.3 is 0 Å². The Balaban J connectivity index is 1.80. The highest BCUT2D eigenvalue weighted by Crippen LogP contribution is 2.65. The summed E-state index contributed by atoms with van der Waals surface area (Å²) in [5, 5.41) is 46.1. The summed E-state index contributed by atoms with van der Waals surface area (Å²) in [6.07, 6.45) is 0.254. The van der Waals surface area contributed by atoms with Crippen molar-refractivity contribution in [1.82, 2.24) is 0 Å². The molecule has 0 aromatic heterocycles. The van der Waals surface area contributed by atoms with Gasteiger partial charge in [-0.1, -0.05) is 52.0 Å². The van der Waals surface area contributed by atoms with E-state index in [0.29, 0.717) is 12.2 Å². The Kier molecular flexibility index (Phi) is 6.59. The number of aromatic hydroxyl groups is 1. The first-order valence-corrected chi connectivity index (χ1v) is 13.8. The summed E-state index contributed by atoms with van der Waals surface area (Å²) in [5.74, 6) is -5.36. The zero-order chi connectivity index (χ0) is 30.2. The van der Waals surface area contributed by atoms with Crippen molar-refractivity contribution in [2.75, 3.05) is 7.11 Å². The molecule has 41 heavy (non-hydrogen) atoms. The van der Waals surface area contributed by atoms with E-state index >= 15 is 0 Å². The molecule has 0 saturated heterocycles. The number of rotatable bonds is 5. The summed E-state index contributed by atoms with van der Waals surface area (Å²) < 4.78 is 5.28. The van der Waals surface area contributed by atoms with Crippen LogP contribution in [0.2, 0.25) is 0 Å². The first-order chi connectivity index (χ1) is 19.1. The van der Waals surface area contributed by atoms with E-state index in [9.17, 15) is 34.8 Å². The molecular weight excluding hydrogens is 524 g/mol. The van der Waals surface area contributed by atoms with Gasteiger partial charge in [0.15, 0.2) is 17.2 Å². The van der Waals surface area contributed by atoms with Gasteiger partial charge in [-0.2, -0.15) is 0 Å². The molecule has 0 amide bonds. The minimum Gasteiger partial charge on any atom is -0.508 e. The summed E-state index contributed by atoms with van der Waals surface area (Å²) in [4.78, 5) is 40.6. The van der Waals surface area contributed by atoms with Crippen molar-refractivity contribution < 1.29 is 39.5 Å². The van der Waals surface area contributed by atoms with Gasteiger partial charge in [0.05, 0.1) is 12.2 Å². The Bertz CT molecular complexity index is 1580. The van der Waals surface area contributed by atoms with Crippen LogP contribution in [-0.2, 0) is 32.1 Å². The van der Waals surface area contributed by atoms with Gasteiger partial charge in [-0.15, -0.1) is 0 Å². The van der Waals surface area contributed by atoms with E-state index < -0.39 is 56.8 Å². The van der Waals surface area contributed by atoms with Crippen molar-refractivity contribution in [3.63, 3.8) is 0 Å². The molecule has 8 nitrogen and oxygen atoms in total. The minimum atomic E-state index is -2.63. The van der Waals surface area contributed by atoms with E-state index in [0.717, 1.165) is 23.6 Å². The predicted molar refractivity (Wildman–Crippen MR) is 152 cm³/mol. The average Bonchev–Trinajstić information content (AvgIpc) is 2.86. The molecule has 4 N–H and O–H groups in total. The zero-order valence-corrected chi connectivity index (χ0v) is 24.2. The van der Waals surface area contributed by atoms with Gasteiger partial charge < -0.3 is 25.2 Å². The highest BCUT2D eigenvalue weighted by Gasteiger charge is 2.72. The SMILES string of the molecule is COCc1cccc(-c2ccc(O)c3c2C[C@]2(C)C[C@]4(C)C(C(C)C)C(=O)C(C(C)=O)=C(O)[C@]4(O)C(=O)C2=C3O)c1. The number of ketones is 3. The number of hydrogen-bond acceptors (Lipinski definition) is 8. The van der Waals surface area contributed by atoms with Crippen molar-refractivity contribution in [2.45, 2.75) is 59.7 Å². The van der Waals surface area contributed by atoms with Crippen LogP contribution in [0.5, 0.6) is 5.75 Å². The number of carbonyl (C=O) groups is 3. The van der Waals surface area contributed by atoms with E-state index in [-0.39, 0.29) is 35.6 Å². The topological polar surface area (TPSA) is 141 Å². The largest absolute Gasteiger partial charge is 0.508 e. The standard InChI is InChI=1S/C33H36O8/c1-16(2)25-27(36)23(17(3)34)29(38)33(40)30(39)26-28(37)24-21(13-31(26,4)15-32(25,33)5)20(10-11-22(24)35)19-9-7-8-18(12-19)14-41-6/h7-12,16,25,35,37-38,40H,13-15H2,1-6H3/t25?,31-,32-,33+/m1/s1. The van der Waals surface area contributed by atoms with Gasteiger partial charge in [0, 0.05) is 29.4 Å². The molecule has 2 aromatic rings. The molecule has 0 radical (unpaired) electrons. The lowest BCUT2D eigenvalue weighted by atomic mass is 9.43. The lowest BCUT2D eigenvalue weighted by molar-refractivity contribution is -0.178. The highest BCUT2D eigenvalue weighted by atomic mass is 16.5. The van der Waals surface area contributed by atoms with Crippen LogP contribution >= 0.6 is 0 Å². The van der Waals surface area contributed by atoms with Crippen LogP contribution in [0.3, 0.4) is 0 Å². The van der Waals surface area contributed by atoms with Crippen molar-refractivity contribution in [1.29, 1.82) is 0 Å². The maximum atomic E-state index is 14.4. The lowest BCUT2D eigenvalue weighted by Gasteiger charge is -2.59. The molecule has 0 spiro atoms. The Morgan fingerprint density at radius 1 is 1.10 bits per heavy atom. The number of aliphatic hydroxyl groups excluding tert-OH is 2. The van der Waals surface area contributed by atoms with Crippen molar-refractivity contribution in [3.05, 3.63) is 70.0 Å². The average molecular weight is 561 g/mol. The third-order valence-corrected chi connectivity index (χ3v) is 9.44. The van der Waals surface area contributed by atoms with Crippen LogP contribution in [0.15, 0.2) is 53.3 Å². The first kappa shape index (κ1) is 28.8. The van der Waals surface area contributed by atoms with Gasteiger partial charge in [0.1, 0.15) is 22.8 Å². The molecule has 2 aromatic carbocycles. The van der Waals surface area contributed by atoms with Crippen LogP contribution in [-0.4, -0.2) is 50.5 Å². The molecule has 3 aliphatic carbocycles. The molecule has 0 bridgehead atoms. The summed E-state index contributed by atoms with van der Waals surface area (Å²) in [5.41, 5.74) is -2.71. The van der Waals surface area contributed by atoms with Crippen LogP contribution < -0.4 is 0 Å². The number of carbonyl (C=O) groups excluding carboxylic acids is 3. The molecule has 3 aliphatic rings. The van der Waals surface area contributed by atoms with Crippen molar-refractivity contribution in [3.8, 4) is 16.9 Å². The lowest BCUT2D eigenvalue weighted by Crippen LogP contribution is -2.69. The van der Waals surface area contributed by atoms with Crippen LogP contribution in [0.4, 0.5) is 0 Å². The number of benzene rings is 2. The van der Waals surface area contributed by atoms with E-state index in [1.807, 2.05) is 24.3 Å². The maximum absolute atomic E-state index is 14.4. The molecular formula is C33H36O8. The van der Waals surface area contributed by atoms with Gasteiger partial charge in [-0.25, -0.2) is 0 Å². The van der Waals surface area contributed by atoms with E-state index in [1.54, 1.807) is 40.9 Å². The van der Waals surface area contributed by atoms with E-state index in [1.165, 1.54) is 6.07 Å². The highest BCUT2D eigenvalue weighted by molar-refractivity contribution is 6.24. The van der Waals surface area contributed by atoms with Crippen LogP contribution in [0.1, 0.15) is 57.7 Å². The quantitative estimate of drug-likeness (QED) is 0.374. The first-order valence-electron chi connectivity index (χ1n) is 13.8. The summed E-state index contributed by atoms with van der Waals surface area (Å²) >= 11 is 0. The molecule has 1 unspecified atom stereocenters. The number of Topliss-reactive ketones (excluding diaryl/α,β-unsaturated/α-hetero) is 3. The Hall–Kier alpha value is -3.75. The molecule has 0 aliphatic heterocycles. The number of aliphatic hydroxyl groups is 3. The van der Waals surface area contributed by atoms with Gasteiger partial charge in [0.25, 0.3) is 0 Å². The maximum Gasteiger partial charge on any atom is 0.203 e. The van der Waals surface area contributed by atoms with E-state index in [4.69, 9.17) is 4.74 Å². The smallest absolute Gasteiger partial charge is 0.203 e. The fourth-order valence-electron chi connectivity index (χ4n) is 7.98. The molecule has 1 fully saturated rings. The second-order valence-corrected chi connectivity index (χ2v) is 12.6. The number of phenolic OH excluding ortho intramolecular Hbond substituents is 1. The molecule has 4 atom stereocenters. The van der Waals surface area contributed by atoms with Crippen molar-refractivity contribution in [2.24, 2.45) is 22.7 Å².